The molecule has 0 bridgehead atoms. The van der Waals surface area contributed by atoms with Crippen LogP contribution in [0.5, 0.6) is 0 Å². The van der Waals surface area contributed by atoms with Gasteiger partial charge in [-0.05, 0) is 0 Å². The van der Waals surface area contributed by atoms with Crippen LogP contribution in [-0.4, -0.2) is 86.1 Å². The van der Waals surface area contributed by atoms with Crippen LogP contribution in [0.3, 0.4) is 0 Å². The van der Waals surface area contributed by atoms with Crippen molar-refractivity contribution >= 4 is 57.7 Å². The van der Waals surface area contributed by atoms with Crippen molar-refractivity contribution in [3.8, 4) is 0 Å². The third-order valence-electron chi connectivity index (χ3n) is 4.73. The number of aromatic nitrogens is 1. The van der Waals surface area contributed by atoms with Gasteiger partial charge < -0.3 is 31.0 Å². The molecule has 17 heteroatoms. The number of carboxylic acids is 2. The number of oxime groups is 1. The number of rotatable bonds is 8. The van der Waals surface area contributed by atoms with Crippen molar-refractivity contribution < 1.29 is 47.4 Å². The van der Waals surface area contributed by atoms with Gasteiger partial charge in [-0.25, -0.2) is 9.78 Å². The molecule has 3 atom stereocenters. The number of nitrogens with zero attached hydrogens (tertiary/aromatic N) is 3. The average Bonchev–Trinajstić information content (AvgIpc) is 3.18. The molecular weight excluding hydrogens is 507 g/mol. The van der Waals surface area contributed by atoms with Crippen LogP contribution in [-0.2, 0) is 24.0 Å². The van der Waals surface area contributed by atoms with E-state index < -0.39 is 65.6 Å². The summed E-state index contributed by atoms with van der Waals surface area (Å²) < 4.78 is 37.7. The quantitative estimate of drug-likeness (QED) is 0.158. The molecule has 184 valence electrons. The van der Waals surface area contributed by atoms with Gasteiger partial charge in [-0.15, -0.1) is 23.1 Å². The molecule has 2 aliphatic rings. The molecule has 1 aromatic rings. The fourth-order valence-corrected chi connectivity index (χ4v) is 5.17. The number of hydrogen-bond donors (Lipinski definition) is 4. The third-order valence-corrected chi connectivity index (χ3v) is 6.96. The normalized spacial score (nSPS) is 25.0. The Hall–Kier alpha value is -3.34. The minimum Gasteiger partial charge on any atom is -0.481 e. The zero-order valence-electron chi connectivity index (χ0n) is 16.8. The second-order valence-electron chi connectivity index (χ2n) is 7.13. The molecule has 2 aliphatic heterocycles. The van der Waals surface area contributed by atoms with Gasteiger partial charge in [0.15, 0.2) is 10.8 Å². The number of carbonyl (C=O) groups is 4. The number of alkyl halides is 3. The number of fused-ring (bicyclic) bond motifs is 1. The van der Waals surface area contributed by atoms with Gasteiger partial charge >= 0.3 is 18.1 Å². The van der Waals surface area contributed by atoms with Crippen molar-refractivity contribution in [3.05, 3.63) is 23.2 Å². The monoisotopic (exact) mass is 523 g/mol. The molecule has 2 saturated heterocycles. The van der Waals surface area contributed by atoms with E-state index in [-0.39, 0.29) is 22.7 Å². The van der Waals surface area contributed by atoms with E-state index in [4.69, 9.17) is 10.8 Å². The first-order valence-electron chi connectivity index (χ1n) is 9.19. The SMILES string of the molecule is Nc1nc(C(=NOCC(=O)O)C(=O)NC2C(=O)N3CC(C=CC(F)(F)F)(C(=O)O)CS[C@H]23)cs1. The Kier molecular flexibility index (Phi) is 7.06. The van der Waals surface area contributed by atoms with Crippen LogP contribution >= 0.6 is 23.1 Å². The third kappa shape index (κ3) is 5.41. The predicted molar refractivity (Wildman–Crippen MR) is 112 cm³/mol. The van der Waals surface area contributed by atoms with Crippen LogP contribution in [0.25, 0.3) is 0 Å². The molecule has 2 fully saturated rings. The molecule has 3 rings (SSSR count). The molecule has 5 N–H and O–H groups in total. The van der Waals surface area contributed by atoms with Gasteiger partial charge in [-0.3, -0.25) is 14.4 Å². The predicted octanol–water partition coefficient (Wildman–Crippen LogP) is 0.120. The Morgan fingerprint density at radius 3 is 2.68 bits per heavy atom. The van der Waals surface area contributed by atoms with E-state index in [1.54, 1.807) is 0 Å². The molecule has 34 heavy (non-hydrogen) atoms. The van der Waals surface area contributed by atoms with Gasteiger partial charge in [-0.2, -0.15) is 13.2 Å². The molecule has 0 spiro atoms. The fraction of sp³-hybridized carbons (Fsp3) is 0.412. The lowest BCUT2D eigenvalue weighted by Gasteiger charge is -2.53. The van der Waals surface area contributed by atoms with Crippen LogP contribution in [0.2, 0.25) is 0 Å². The van der Waals surface area contributed by atoms with E-state index >= 15 is 0 Å². The number of nitrogens with one attached hydrogen (secondary N) is 1. The second kappa shape index (κ2) is 9.49. The Morgan fingerprint density at radius 2 is 2.12 bits per heavy atom. The summed E-state index contributed by atoms with van der Waals surface area (Å²) in [7, 11) is 0. The van der Waals surface area contributed by atoms with Gasteiger partial charge in [-0.1, -0.05) is 11.2 Å². The molecule has 0 aliphatic carbocycles. The van der Waals surface area contributed by atoms with Crippen molar-refractivity contribution in [1.29, 1.82) is 0 Å². The van der Waals surface area contributed by atoms with Crippen molar-refractivity contribution in [2.75, 3.05) is 24.6 Å². The molecule has 2 amide bonds. The standard InChI is InChI=1S/C17H16F3N5O7S2/c18-17(19,20)2-1-16(14(30)31)5-25-12(29)10(13(25)34-6-16)23-11(28)9(24-32-3-8(26)27)7-4-33-15(21)22-7/h1-2,4,10,13H,3,5-6H2,(H2,21,22)(H,23,28)(H,26,27)(H,30,31)/t10?,13-,16?/m1/s1. The number of anilines is 1. The highest BCUT2D eigenvalue weighted by molar-refractivity contribution is 8.00. The van der Waals surface area contributed by atoms with Crippen molar-refractivity contribution in [2.45, 2.75) is 17.6 Å². The van der Waals surface area contributed by atoms with Gasteiger partial charge in [0.2, 0.25) is 12.5 Å². The summed E-state index contributed by atoms with van der Waals surface area (Å²) in [5.74, 6) is -4.81. The van der Waals surface area contributed by atoms with Crippen molar-refractivity contribution in [1.82, 2.24) is 15.2 Å². The Morgan fingerprint density at radius 1 is 1.41 bits per heavy atom. The molecular formula is C17H16F3N5O7S2. The minimum atomic E-state index is -4.73. The average molecular weight is 523 g/mol. The van der Waals surface area contributed by atoms with Gasteiger partial charge in [0.05, 0.1) is 0 Å². The largest absolute Gasteiger partial charge is 0.481 e. The molecule has 3 heterocycles. The number of amides is 2. The lowest BCUT2D eigenvalue weighted by Crippen LogP contribution is -2.73. The van der Waals surface area contributed by atoms with E-state index in [0.29, 0.717) is 6.08 Å². The number of hydrogen-bond acceptors (Lipinski definition) is 10. The van der Waals surface area contributed by atoms with E-state index in [2.05, 4.69) is 20.3 Å². The van der Waals surface area contributed by atoms with Crippen LogP contribution in [0.1, 0.15) is 5.69 Å². The maximum absolute atomic E-state index is 12.7. The summed E-state index contributed by atoms with van der Waals surface area (Å²) in [6.45, 7) is -1.36. The molecule has 12 nitrogen and oxygen atoms in total. The first-order chi connectivity index (χ1) is 15.8. The van der Waals surface area contributed by atoms with E-state index in [1.807, 2.05) is 0 Å². The van der Waals surface area contributed by atoms with Gasteiger partial charge in [0.1, 0.15) is 22.5 Å². The maximum Gasteiger partial charge on any atom is 0.409 e. The molecule has 0 aromatic carbocycles. The number of nitrogen functional groups attached to an aromatic ring is 1. The zero-order valence-corrected chi connectivity index (χ0v) is 18.4. The Labute approximate surface area is 196 Å². The number of aliphatic carboxylic acids is 2. The van der Waals surface area contributed by atoms with Crippen LogP contribution in [0, 0.1) is 5.41 Å². The summed E-state index contributed by atoms with van der Waals surface area (Å²) in [5, 5.41) is 24.7. The Balaban J connectivity index is 1.73. The number of nitrogens with two attached hydrogens (primary N) is 1. The van der Waals surface area contributed by atoms with E-state index in [1.165, 1.54) is 5.38 Å². The summed E-state index contributed by atoms with van der Waals surface area (Å²) in [4.78, 5) is 57.2. The highest BCUT2D eigenvalue weighted by atomic mass is 32.2. The van der Waals surface area contributed by atoms with Crippen LogP contribution in [0.4, 0.5) is 18.3 Å². The number of thioether (sulfide) groups is 1. The highest BCUT2D eigenvalue weighted by Crippen LogP contribution is 2.43. The molecule has 2 unspecified atom stereocenters. The highest BCUT2D eigenvalue weighted by Gasteiger charge is 2.57. The molecule has 1 aromatic heterocycles. The second-order valence-corrected chi connectivity index (χ2v) is 9.13. The molecule has 0 radical (unpaired) electrons. The van der Waals surface area contributed by atoms with Crippen molar-refractivity contribution in [3.63, 3.8) is 0 Å². The van der Waals surface area contributed by atoms with Crippen LogP contribution in [0.15, 0.2) is 22.7 Å². The summed E-state index contributed by atoms with van der Waals surface area (Å²) >= 11 is 1.86. The van der Waals surface area contributed by atoms with E-state index in [0.717, 1.165) is 28.0 Å². The first kappa shape index (κ1) is 25.3. The number of carbonyl (C=O) groups excluding carboxylic acids is 2. The smallest absolute Gasteiger partial charge is 0.409 e. The number of allylic oxidation sites excluding steroid dienone is 1. The first-order valence-corrected chi connectivity index (χ1v) is 11.1. The van der Waals surface area contributed by atoms with Crippen molar-refractivity contribution in [2.24, 2.45) is 10.6 Å². The topological polar surface area (TPSA) is 185 Å². The molecule has 0 saturated carbocycles. The fourth-order valence-electron chi connectivity index (χ4n) is 3.11. The van der Waals surface area contributed by atoms with Crippen LogP contribution < -0.4 is 11.1 Å². The lowest BCUT2D eigenvalue weighted by atomic mass is 9.86. The van der Waals surface area contributed by atoms with Gasteiger partial charge in [0.25, 0.3) is 5.91 Å². The summed E-state index contributed by atoms with van der Waals surface area (Å²) in [6, 6.07) is -1.13. The number of β-lactam (4-membered cyclic amide) rings is 1. The number of thiazole rings is 1. The maximum atomic E-state index is 12.7. The van der Waals surface area contributed by atoms with Gasteiger partial charge in [0, 0.05) is 23.8 Å². The van der Waals surface area contributed by atoms with E-state index in [9.17, 15) is 37.5 Å². The summed E-state index contributed by atoms with van der Waals surface area (Å²) in [5.41, 5.74) is 3.11. The minimum absolute atomic E-state index is 0.0347. The number of carboxylic acid groups (broad SMARTS) is 2. The summed E-state index contributed by atoms with van der Waals surface area (Å²) in [6.07, 6.45) is -4.38. The lowest BCUT2D eigenvalue weighted by molar-refractivity contribution is -0.156. The Bertz CT molecular complexity index is 1080. The number of halogens is 3. The zero-order chi connectivity index (χ0) is 25.3.